The van der Waals surface area contributed by atoms with Crippen LogP contribution < -0.4 is 5.73 Å². The molecule has 0 radical (unpaired) electrons. The van der Waals surface area contributed by atoms with Gasteiger partial charge in [-0.05, 0) is 11.6 Å². The molecule has 0 saturated heterocycles. The topological polar surface area (TPSA) is 88.3 Å². The third-order valence-corrected chi connectivity index (χ3v) is 2.74. The quantitative estimate of drug-likeness (QED) is 0.579. The van der Waals surface area contributed by atoms with Gasteiger partial charge in [-0.3, -0.25) is 5.73 Å². The number of halogens is 1. The number of nitrogens with two attached hydrogens (primary N) is 1. The molecule has 0 amide bonds. The predicted octanol–water partition coefficient (Wildman–Crippen LogP) is 2.34. The summed E-state index contributed by atoms with van der Waals surface area (Å²) in [5, 5.41) is 9.97. The Bertz CT molecular complexity index is 553. The van der Waals surface area contributed by atoms with E-state index in [2.05, 4.69) is 9.72 Å². The van der Waals surface area contributed by atoms with Gasteiger partial charge in [-0.2, -0.15) is 0 Å². The van der Waals surface area contributed by atoms with Gasteiger partial charge in [0.05, 0.1) is 10.5 Å². The van der Waals surface area contributed by atoms with Gasteiger partial charge in [0.25, 0.3) is 0 Å². The van der Waals surface area contributed by atoms with Crippen LogP contribution in [0.3, 0.4) is 0 Å². The van der Waals surface area contributed by atoms with Crippen LogP contribution in [-0.2, 0) is 11.2 Å². The Hall–Kier alpha value is -1.72. The van der Waals surface area contributed by atoms with E-state index in [1.165, 1.54) is 0 Å². The Morgan fingerprint density at radius 3 is 3.06 bits per heavy atom. The van der Waals surface area contributed by atoms with Crippen LogP contribution in [0, 0.1) is 0 Å². The van der Waals surface area contributed by atoms with Gasteiger partial charge in [0.1, 0.15) is 0 Å². The van der Waals surface area contributed by atoms with Gasteiger partial charge in [-0.25, -0.2) is 4.79 Å². The first kappa shape index (κ1) is 11.8. The normalized spacial score (nSPS) is 12.6. The molecule has 2 rings (SSSR count). The van der Waals surface area contributed by atoms with Crippen molar-refractivity contribution in [1.29, 1.82) is 0 Å². The number of para-hydroxylation sites is 1. The maximum atomic E-state index is 10.3. The minimum absolute atomic E-state index is 0.298. The van der Waals surface area contributed by atoms with Crippen molar-refractivity contribution < 1.29 is 14.6 Å². The lowest BCUT2D eigenvalue weighted by Crippen LogP contribution is -2.28. The second-order valence-electron chi connectivity index (χ2n) is 3.60. The van der Waals surface area contributed by atoms with Crippen molar-refractivity contribution in [3.63, 3.8) is 0 Å². The van der Waals surface area contributed by atoms with Crippen molar-refractivity contribution in [1.82, 2.24) is 4.98 Å². The number of benzene rings is 1. The Morgan fingerprint density at radius 1 is 1.59 bits per heavy atom. The number of fused-ring (bicyclic) bond motifs is 1. The third-order valence-electron chi connectivity index (χ3n) is 2.42. The maximum Gasteiger partial charge on any atom is 0.507 e. The molecule has 1 aromatic carbocycles. The minimum Gasteiger partial charge on any atom is -0.450 e. The summed E-state index contributed by atoms with van der Waals surface area (Å²) < 4.78 is 4.45. The lowest BCUT2D eigenvalue weighted by molar-refractivity contribution is 0.0547. The number of hydrogen-bond acceptors (Lipinski definition) is 3. The summed E-state index contributed by atoms with van der Waals surface area (Å²) in [5.41, 5.74) is 7.23. The average Bonchev–Trinajstić information content (AvgIpc) is 2.62. The molecule has 0 aliphatic rings. The molecule has 0 unspecified atom stereocenters. The van der Waals surface area contributed by atoms with E-state index in [9.17, 15) is 4.79 Å². The molecule has 1 atom stereocenters. The monoisotopic (exact) mass is 254 g/mol. The van der Waals surface area contributed by atoms with Crippen LogP contribution in [0.4, 0.5) is 4.79 Å². The zero-order chi connectivity index (χ0) is 12.4. The van der Waals surface area contributed by atoms with E-state index in [0.29, 0.717) is 11.4 Å². The fourth-order valence-electron chi connectivity index (χ4n) is 1.73. The number of ether oxygens (including phenoxy) is 1. The summed E-state index contributed by atoms with van der Waals surface area (Å²) in [4.78, 5) is 13.3. The van der Waals surface area contributed by atoms with Crippen LogP contribution in [-0.4, -0.2) is 22.5 Å². The van der Waals surface area contributed by atoms with Gasteiger partial charge in [0, 0.05) is 18.0 Å². The highest BCUT2D eigenvalue weighted by atomic mass is 35.5. The molecule has 17 heavy (non-hydrogen) atoms. The van der Waals surface area contributed by atoms with E-state index >= 15 is 0 Å². The van der Waals surface area contributed by atoms with Gasteiger partial charge in [0.2, 0.25) is 0 Å². The number of aromatic amines is 1. The van der Waals surface area contributed by atoms with Crippen molar-refractivity contribution in [3.8, 4) is 0 Å². The number of rotatable bonds is 3. The molecule has 0 spiro atoms. The summed E-state index contributed by atoms with van der Waals surface area (Å²) >= 11 is 6.00. The molecular weight excluding hydrogens is 244 g/mol. The van der Waals surface area contributed by atoms with Crippen LogP contribution >= 0.6 is 11.6 Å². The highest BCUT2D eigenvalue weighted by Gasteiger charge is 2.13. The van der Waals surface area contributed by atoms with Gasteiger partial charge in [-0.15, -0.1) is 0 Å². The van der Waals surface area contributed by atoms with E-state index < -0.39 is 12.4 Å². The van der Waals surface area contributed by atoms with Crippen molar-refractivity contribution >= 4 is 28.7 Å². The summed E-state index contributed by atoms with van der Waals surface area (Å²) in [6.07, 6.45) is -0.213. The standard InChI is InChI=1S/C11H11ClN2O3/c12-8-3-1-2-7-6(5-14-10(7)8)4-9(13)17-11(15)16/h1-3,5,9,14H,4,13H2,(H,15,16)/t9-/m1/s1. The molecule has 1 aromatic heterocycles. The van der Waals surface area contributed by atoms with Crippen LogP contribution in [0.1, 0.15) is 5.56 Å². The van der Waals surface area contributed by atoms with Crippen molar-refractivity contribution in [3.05, 3.63) is 35.0 Å². The number of carboxylic acid groups (broad SMARTS) is 1. The Morgan fingerprint density at radius 2 is 2.35 bits per heavy atom. The van der Waals surface area contributed by atoms with Crippen molar-refractivity contribution in [2.24, 2.45) is 5.73 Å². The molecule has 0 bridgehead atoms. The molecule has 5 nitrogen and oxygen atoms in total. The second-order valence-corrected chi connectivity index (χ2v) is 4.01. The third kappa shape index (κ3) is 2.51. The first-order valence-electron chi connectivity index (χ1n) is 4.97. The summed E-state index contributed by atoms with van der Waals surface area (Å²) in [5.74, 6) is 0. The molecule has 2 aromatic rings. The minimum atomic E-state index is -1.38. The molecule has 0 saturated carbocycles. The zero-order valence-corrected chi connectivity index (χ0v) is 9.57. The fraction of sp³-hybridized carbons (Fsp3) is 0.182. The molecule has 4 N–H and O–H groups in total. The molecule has 0 aliphatic carbocycles. The second kappa shape index (κ2) is 4.65. The molecular formula is C11H11ClN2O3. The number of H-pyrrole nitrogens is 1. The number of nitrogens with one attached hydrogen (secondary N) is 1. The van der Waals surface area contributed by atoms with Crippen molar-refractivity contribution in [2.75, 3.05) is 0 Å². The number of aromatic nitrogens is 1. The van der Waals surface area contributed by atoms with Gasteiger partial charge >= 0.3 is 6.16 Å². The van der Waals surface area contributed by atoms with E-state index in [-0.39, 0.29) is 0 Å². The summed E-state index contributed by atoms with van der Waals surface area (Å²) in [6, 6.07) is 5.49. The molecule has 90 valence electrons. The SMILES string of the molecule is N[C@@H](Cc1c[nH]c2c(Cl)cccc12)OC(=O)O. The predicted molar refractivity (Wildman–Crippen MR) is 64.1 cm³/mol. The fourth-order valence-corrected chi connectivity index (χ4v) is 1.96. The number of carbonyl (C=O) groups is 1. The van der Waals surface area contributed by atoms with Crippen LogP contribution in [0.2, 0.25) is 5.02 Å². The summed E-state index contributed by atoms with van der Waals surface area (Å²) in [6.45, 7) is 0. The lowest BCUT2D eigenvalue weighted by atomic mass is 10.1. The van der Waals surface area contributed by atoms with E-state index in [4.69, 9.17) is 22.4 Å². The van der Waals surface area contributed by atoms with Crippen LogP contribution in [0.15, 0.2) is 24.4 Å². The first-order valence-corrected chi connectivity index (χ1v) is 5.35. The van der Waals surface area contributed by atoms with Gasteiger partial charge in [0.15, 0.2) is 6.23 Å². The Labute approximate surface area is 102 Å². The Balaban J connectivity index is 2.25. The van der Waals surface area contributed by atoms with Crippen molar-refractivity contribution in [2.45, 2.75) is 12.6 Å². The molecule has 0 aliphatic heterocycles. The maximum absolute atomic E-state index is 10.3. The Kier molecular flexibility index (Phi) is 3.21. The molecule has 0 fully saturated rings. The van der Waals surface area contributed by atoms with Crippen LogP contribution in [0.5, 0.6) is 0 Å². The first-order chi connectivity index (χ1) is 8.08. The smallest absolute Gasteiger partial charge is 0.450 e. The summed E-state index contributed by atoms with van der Waals surface area (Å²) in [7, 11) is 0. The van der Waals surface area contributed by atoms with Gasteiger partial charge in [-0.1, -0.05) is 23.7 Å². The van der Waals surface area contributed by atoms with Gasteiger partial charge < -0.3 is 14.8 Å². The lowest BCUT2D eigenvalue weighted by Gasteiger charge is -2.09. The van der Waals surface area contributed by atoms with Crippen LogP contribution in [0.25, 0.3) is 10.9 Å². The van der Waals surface area contributed by atoms with E-state index in [1.54, 1.807) is 12.3 Å². The molecule has 1 heterocycles. The largest absolute Gasteiger partial charge is 0.507 e. The number of hydrogen-bond donors (Lipinski definition) is 3. The molecule has 6 heteroatoms. The van der Waals surface area contributed by atoms with E-state index in [0.717, 1.165) is 16.5 Å². The average molecular weight is 255 g/mol. The highest BCUT2D eigenvalue weighted by molar-refractivity contribution is 6.35. The van der Waals surface area contributed by atoms with E-state index in [1.807, 2.05) is 12.1 Å². The zero-order valence-electron chi connectivity index (χ0n) is 8.81. The highest BCUT2D eigenvalue weighted by Crippen LogP contribution is 2.25.